The zero-order valence-corrected chi connectivity index (χ0v) is 18.3. The number of carbonyl (C=O) groups is 2. The molecule has 2 amide bonds. The molecule has 160 valence electrons. The Labute approximate surface area is 188 Å². The van der Waals surface area contributed by atoms with Crippen molar-refractivity contribution in [1.82, 2.24) is 14.8 Å². The molecule has 3 aromatic rings. The molecule has 10 heteroatoms. The first kappa shape index (κ1) is 21.2. The molecule has 0 bridgehead atoms. The van der Waals surface area contributed by atoms with E-state index in [0.29, 0.717) is 40.3 Å². The van der Waals surface area contributed by atoms with Gasteiger partial charge in [-0.25, -0.2) is 0 Å². The van der Waals surface area contributed by atoms with E-state index in [4.69, 9.17) is 16.3 Å². The van der Waals surface area contributed by atoms with E-state index in [2.05, 4.69) is 15.5 Å². The standard InChI is InChI=1S/C21H20ClN5O3S/c1-30-18-11-15(7-8-17(18)26-9-3-6-20(26)29)24-19(28)12-31-21-25-23-13-27(21)16-5-2-4-14(22)10-16/h2,4-5,7-8,10-11,13H,3,6,9,12H2,1H3,(H,24,28). The molecular formula is C21H20ClN5O3S. The van der Waals surface area contributed by atoms with Gasteiger partial charge in [-0.15, -0.1) is 10.2 Å². The second-order valence-corrected chi connectivity index (χ2v) is 8.21. The number of nitrogens with zero attached hydrogens (tertiary/aromatic N) is 4. The molecule has 2 aromatic carbocycles. The molecule has 1 saturated heterocycles. The molecule has 1 aromatic heterocycles. The van der Waals surface area contributed by atoms with Gasteiger partial charge in [-0.2, -0.15) is 0 Å². The van der Waals surface area contributed by atoms with E-state index in [-0.39, 0.29) is 17.6 Å². The number of thioether (sulfide) groups is 1. The van der Waals surface area contributed by atoms with Gasteiger partial charge < -0.3 is 15.0 Å². The summed E-state index contributed by atoms with van der Waals surface area (Å²) < 4.78 is 7.21. The summed E-state index contributed by atoms with van der Waals surface area (Å²) in [5, 5.41) is 12.1. The molecule has 1 N–H and O–H groups in total. The highest BCUT2D eigenvalue weighted by Crippen LogP contribution is 2.34. The lowest BCUT2D eigenvalue weighted by Crippen LogP contribution is -2.24. The number of rotatable bonds is 7. The van der Waals surface area contributed by atoms with Gasteiger partial charge >= 0.3 is 0 Å². The molecule has 0 unspecified atom stereocenters. The van der Waals surface area contributed by atoms with Gasteiger partial charge in [-0.3, -0.25) is 14.2 Å². The first-order valence-electron chi connectivity index (χ1n) is 9.62. The third-order valence-electron chi connectivity index (χ3n) is 4.76. The first-order chi connectivity index (χ1) is 15.0. The lowest BCUT2D eigenvalue weighted by Gasteiger charge is -2.19. The van der Waals surface area contributed by atoms with E-state index >= 15 is 0 Å². The largest absolute Gasteiger partial charge is 0.494 e. The van der Waals surface area contributed by atoms with Gasteiger partial charge in [0, 0.05) is 29.7 Å². The number of anilines is 2. The fourth-order valence-corrected chi connectivity index (χ4v) is 4.25. The third kappa shape index (κ3) is 4.83. The zero-order valence-electron chi connectivity index (χ0n) is 16.7. The van der Waals surface area contributed by atoms with Crippen LogP contribution in [0.5, 0.6) is 5.75 Å². The minimum Gasteiger partial charge on any atom is -0.494 e. The minimum atomic E-state index is -0.197. The van der Waals surface area contributed by atoms with E-state index < -0.39 is 0 Å². The second kappa shape index (κ2) is 9.40. The van der Waals surface area contributed by atoms with Crippen LogP contribution in [0, 0.1) is 0 Å². The lowest BCUT2D eigenvalue weighted by molar-refractivity contribution is -0.117. The number of hydrogen-bond acceptors (Lipinski definition) is 6. The lowest BCUT2D eigenvalue weighted by atomic mass is 10.2. The van der Waals surface area contributed by atoms with Crippen LogP contribution in [0.1, 0.15) is 12.8 Å². The van der Waals surface area contributed by atoms with Gasteiger partial charge in [0.25, 0.3) is 0 Å². The van der Waals surface area contributed by atoms with Gasteiger partial charge in [-0.1, -0.05) is 29.4 Å². The molecule has 0 spiro atoms. The fourth-order valence-electron chi connectivity index (χ4n) is 3.33. The summed E-state index contributed by atoms with van der Waals surface area (Å²) in [7, 11) is 1.55. The maximum Gasteiger partial charge on any atom is 0.234 e. The molecule has 4 rings (SSSR count). The maximum absolute atomic E-state index is 12.5. The molecule has 1 aliphatic heterocycles. The molecule has 0 radical (unpaired) electrons. The van der Waals surface area contributed by atoms with Crippen molar-refractivity contribution in [2.24, 2.45) is 0 Å². The quantitative estimate of drug-likeness (QED) is 0.543. The molecule has 0 saturated carbocycles. The van der Waals surface area contributed by atoms with Crippen molar-refractivity contribution in [3.05, 3.63) is 53.8 Å². The van der Waals surface area contributed by atoms with Crippen LogP contribution in [-0.2, 0) is 9.59 Å². The Balaban J connectivity index is 1.41. The van der Waals surface area contributed by atoms with E-state index in [1.807, 2.05) is 12.1 Å². The Morgan fingerprint density at radius 3 is 2.90 bits per heavy atom. The van der Waals surface area contributed by atoms with Gasteiger partial charge in [0.05, 0.1) is 24.2 Å². The normalized spacial score (nSPS) is 13.5. The first-order valence-corrected chi connectivity index (χ1v) is 11.0. The average molecular weight is 458 g/mol. The van der Waals surface area contributed by atoms with Crippen molar-refractivity contribution in [2.75, 3.05) is 29.6 Å². The highest BCUT2D eigenvalue weighted by Gasteiger charge is 2.24. The van der Waals surface area contributed by atoms with Crippen LogP contribution in [-0.4, -0.2) is 46.0 Å². The highest BCUT2D eigenvalue weighted by molar-refractivity contribution is 7.99. The number of halogens is 1. The van der Waals surface area contributed by atoms with Crippen LogP contribution in [0.15, 0.2) is 53.9 Å². The summed E-state index contributed by atoms with van der Waals surface area (Å²) in [4.78, 5) is 26.2. The predicted octanol–water partition coefficient (Wildman–Crippen LogP) is 3.79. The van der Waals surface area contributed by atoms with Crippen molar-refractivity contribution in [1.29, 1.82) is 0 Å². The summed E-state index contributed by atoms with van der Waals surface area (Å²) in [5.41, 5.74) is 2.12. The number of amides is 2. The van der Waals surface area contributed by atoms with Crippen LogP contribution in [0.25, 0.3) is 5.69 Å². The summed E-state index contributed by atoms with van der Waals surface area (Å²) in [5.74, 6) is 0.572. The van der Waals surface area contributed by atoms with Crippen LogP contribution in [0.4, 0.5) is 11.4 Å². The smallest absolute Gasteiger partial charge is 0.234 e. The van der Waals surface area contributed by atoms with E-state index in [1.165, 1.54) is 11.8 Å². The SMILES string of the molecule is COc1cc(NC(=O)CSc2nncn2-c2cccc(Cl)c2)ccc1N1CCCC1=O. The molecule has 1 aliphatic rings. The van der Waals surface area contributed by atoms with Crippen LogP contribution >= 0.6 is 23.4 Å². The number of carbonyl (C=O) groups excluding carboxylic acids is 2. The summed E-state index contributed by atoms with van der Waals surface area (Å²) in [6.07, 6.45) is 2.95. The van der Waals surface area contributed by atoms with Crippen molar-refractivity contribution in [2.45, 2.75) is 18.0 Å². The van der Waals surface area contributed by atoms with Crippen molar-refractivity contribution in [3.63, 3.8) is 0 Å². The van der Waals surface area contributed by atoms with Crippen molar-refractivity contribution < 1.29 is 14.3 Å². The second-order valence-electron chi connectivity index (χ2n) is 6.84. The number of hydrogen-bond donors (Lipinski definition) is 1. The minimum absolute atomic E-state index is 0.0790. The Morgan fingerprint density at radius 1 is 1.29 bits per heavy atom. The molecule has 0 aliphatic carbocycles. The summed E-state index contributed by atoms with van der Waals surface area (Å²) >= 11 is 7.33. The molecule has 1 fully saturated rings. The van der Waals surface area contributed by atoms with Crippen LogP contribution in [0.3, 0.4) is 0 Å². The number of nitrogens with one attached hydrogen (secondary N) is 1. The van der Waals surface area contributed by atoms with E-state index in [0.717, 1.165) is 12.1 Å². The highest BCUT2D eigenvalue weighted by atomic mass is 35.5. The zero-order chi connectivity index (χ0) is 21.8. The Bertz CT molecular complexity index is 1120. The van der Waals surface area contributed by atoms with Gasteiger partial charge in [0.2, 0.25) is 11.8 Å². The Morgan fingerprint density at radius 2 is 2.16 bits per heavy atom. The fraction of sp³-hybridized carbons (Fsp3) is 0.238. The van der Waals surface area contributed by atoms with Crippen molar-refractivity contribution >= 4 is 46.6 Å². The van der Waals surface area contributed by atoms with Gasteiger partial charge in [-0.05, 0) is 36.8 Å². The van der Waals surface area contributed by atoms with Gasteiger partial charge in [0.1, 0.15) is 12.1 Å². The van der Waals surface area contributed by atoms with E-state index in [1.54, 1.807) is 53.2 Å². The van der Waals surface area contributed by atoms with Gasteiger partial charge in [0.15, 0.2) is 5.16 Å². The number of ether oxygens (including phenoxy) is 1. The summed E-state index contributed by atoms with van der Waals surface area (Å²) in [6, 6.07) is 12.6. The third-order valence-corrected chi connectivity index (χ3v) is 5.94. The molecular weight excluding hydrogens is 438 g/mol. The van der Waals surface area contributed by atoms with Crippen LogP contribution < -0.4 is 15.0 Å². The monoisotopic (exact) mass is 457 g/mol. The van der Waals surface area contributed by atoms with Crippen LogP contribution in [0.2, 0.25) is 5.02 Å². The average Bonchev–Trinajstić information content (AvgIpc) is 3.41. The molecule has 0 atom stereocenters. The Hall–Kier alpha value is -3.04. The molecule has 31 heavy (non-hydrogen) atoms. The van der Waals surface area contributed by atoms with E-state index in [9.17, 15) is 9.59 Å². The maximum atomic E-state index is 12.5. The predicted molar refractivity (Wildman–Crippen MR) is 120 cm³/mol. The number of methoxy groups -OCH3 is 1. The molecule has 8 nitrogen and oxygen atoms in total. The number of benzene rings is 2. The topological polar surface area (TPSA) is 89.3 Å². The summed E-state index contributed by atoms with van der Waals surface area (Å²) in [6.45, 7) is 0.671. The molecule has 2 heterocycles. The van der Waals surface area contributed by atoms with Crippen molar-refractivity contribution in [3.8, 4) is 11.4 Å². The number of aromatic nitrogens is 3. The Kier molecular flexibility index (Phi) is 6.43.